The van der Waals surface area contributed by atoms with Crippen LogP contribution in [0.1, 0.15) is 12.1 Å². The summed E-state index contributed by atoms with van der Waals surface area (Å²) < 4.78 is 0. The maximum atomic E-state index is 10.6. The van der Waals surface area contributed by atoms with Crippen LogP contribution in [0.4, 0.5) is 0 Å². The van der Waals surface area contributed by atoms with E-state index in [1.165, 1.54) is 0 Å². The van der Waals surface area contributed by atoms with Gasteiger partial charge in [-0.1, -0.05) is 11.6 Å². The lowest BCUT2D eigenvalue weighted by Crippen LogP contribution is -2.40. The molecule has 2 unspecified atom stereocenters. The second-order valence-electron chi connectivity index (χ2n) is 4.34. The molecular weight excluding hydrogens is 214 g/mol. The molecule has 2 aliphatic heterocycles. The van der Waals surface area contributed by atoms with Crippen molar-refractivity contribution in [1.82, 2.24) is 14.9 Å². The first kappa shape index (κ1) is 9.51. The highest BCUT2D eigenvalue weighted by Gasteiger charge is 2.52. The van der Waals surface area contributed by atoms with Crippen LogP contribution in [-0.4, -0.2) is 39.6 Å². The van der Waals surface area contributed by atoms with Gasteiger partial charge in [0.2, 0.25) is 0 Å². The summed E-state index contributed by atoms with van der Waals surface area (Å²) in [7, 11) is 0. The van der Waals surface area contributed by atoms with Crippen molar-refractivity contribution in [3.05, 3.63) is 23.2 Å². The number of piperidine rings is 1. The summed E-state index contributed by atoms with van der Waals surface area (Å²) in [4.78, 5) is 10.4. The number of aliphatic hydroxyl groups is 1. The van der Waals surface area contributed by atoms with E-state index in [0.29, 0.717) is 17.4 Å². The number of hydrogen-bond acceptors (Lipinski definition) is 4. The SMILES string of the molecule is OC1(c2nccnc2Cl)CN2CC[C@H]1C2. The Labute approximate surface area is 92.9 Å². The molecule has 0 saturated carbocycles. The minimum absolute atomic E-state index is 0.256. The number of hydrogen-bond donors (Lipinski definition) is 1. The molecule has 4 nitrogen and oxygen atoms in total. The van der Waals surface area contributed by atoms with Gasteiger partial charge in [-0.05, 0) is 13.0 Å². The maximum Gasteiger partial charge on any atom is 0.153 e. The van der Waals surface area contributed by atoms with Crippen LogP contribution in [0.3, 0.4) is 0 Å². The minimum Gasteiger partial charge on any atom is -0.382 e. The standard InChI is InChI=1S/C10H12ClN3O/c11-9-8(12-2-3-13-9)10(15)6-14-4-1-7(10)5-14/h2-3,7,15H,1,4-6H2/t7-,10?/m0/s1. The lowest BCUT2D eigenvalue weighted by Gasteiger charge is -2.31. The van der Waals surface area contributed by atoms with Crippen LogP contribution in [0.25, 0.3) is 0 Å². The van der Waals surface area contributed by atoms with Crippen molar-refractivity contribution in [3.8, 4) is 0 Å². The molecule has 15 heavy (non-hydrogen) atoms. The van der Waals surface area contributed by atoms with E-state index >= 15 is 0 Å². The van der Waals surface area contributed by atoms with Crippen molar-refractivity contribution in [2.24, 2.45) is 5.92 Å². The largest absolute Gasteiger partial charge is 0.382 e. The topological polar surface area (TPSA) is 49.3 Å². The van der Waals surface area contributed by atoms with Crippen LogP contribution in [0, 0.1) is 5.92 Å². The molecule has 1 N–H and O–H groups in total. The fourth-order valence-electron chi connectivity index (χ4n) is 2.72. The number of aromatic nitrogens is 2. The van der Waals surface area contributed by atoms with Gasteiger partial charge in [-0.3, -0.25) is 9.88 Å². The van der Waals surface area contributed by atoms with Crippen LogP contribution in [-0.2, 0) is 5.60 Å². The average Bonchev–Trinajstić information content (AvgIpc) is 2.78. The van der Waals surface area contributed by atoms with Crippen LogP contribution < -0.4 is 0 Å². The smallest absolute Gasteiger partial charge is 0.153 e. The summed E-state index contributed by atoms with van der Waals surface area (Å²) >= 11 is 5.98. The van der Waals surface area contributed by atoms with Crippen molar-refractivity contribution in [2.75, 3.05) is 19.6 Å². The molecule has 0 aromatic carbocycles. The third kappa shape index (κ3) is 1.29. The van der Waals surface area contributed by atoms with Crippen molar-refractivity contribution in [3.63, 3.8) is 0 Å². The second kappa shape index (κ2) is 3.14. The van der Waals surface area contributed by atoms with Gasteiger partial charge in [0.25, 0.3) is 0 Å². The van der Waals surface area contributed by atoms with E-state index < -0.39 is 5.60 Å². The average molecular weight is 226 g/mol. The molecular formula is C10H12ClN3O. The zero-order valence-electron chi connectivity index (χ0n) is 8.23. The third-order valence-corrected chi connectivity index (χ3v) is 3.75. The van der Waals surface area contributed by atoms with Gasteiger partial charge in [-0.25, -0.2) is 4.98 Å². The summed E-state index contributed by atoms with van der Waals surface area (Å²) in [6.45, 7) is 2.66. The quantitative estimate of drug-likeness (QED) is 0.763. The molecule has 0 amide bonds. The lowest BCUT2D eigenvalue weighted by molar-refractivity contribution is -0.0140. The van der Waals surface area contributed by atoms with E-state index in [9.17, 15) is 5.11 Å². The predicted octanol–water partition coefficient (Wildman–Crippen LogP) is 0.653. The molecule has 3 rings (SSSR count). The fraction of sp³-hybridized carbons (Fsp3) is 0.600. The predicted molar refractivity (Wildman–Crippen MR) is 55.5 cm³/mol. The molecule has 2 saturated heterocycles. The van der Waals surface area contributed by atoms with E-state index in [1.54, 1.807) is 12.4 Å². The highest BCUT2D eigenvalue weighted by Crippen LogP contribution is 2.43. The summed E-state index contributed by atoms with van der Waals surface area (Å²) in [6, 6.07) is 0. The number of nitrogens with zero attached hydrogens (tertiary/aromatic N) is 3. The first-order valence-corrected chi connectivity index (χ1v) is 5.49. The summed E-state index contributed by atoms with van der Waals surface area (Å²) in [5, 5.41) is 10.9. The molecule has 0 spiro atoms. The lowest BCUT2D eigenvalue weighted by atomic mass is 9.85. The molecule has 3 heterocycles. The summed E-state index contributed by atoms with van der Waals surface area (Å²) in [5.74, 6) is 0.256. The van der Waals surface area contributed by atoms with Gasteiger partial charge < -0.3 is 5.11 Å². The van der Waals surface area contributed by atoms with Crippen LogP contribution in [0.2, 0.25) is 5.15 Å². The Hall–Kier alpha value is -0.710. The van der Waals surface area contributed by atoms with Crippen molar-refractivity contribution < 1.29 is 5.11 Å². The molecule has 0 aliphatic carbocycles. The fourth-order valence-corrected chi connectivity index (χ4v) is 2.98. The van der Waals surface area contributed by atoms with Gasteiger partial charge in [-0.15, -0.1) is 0 Å². The Morgan fingerprint density at radius 2 is 2.27 bits per heavy atom. The van der Waals surface area contributed by atoms with Crippen molar-refractivity contribution in [1.29, 1.82) is 0 Å². The highest BCUT2D eigenvalue weighted by molar-refractivity contribution is 6.30. The summed E-state index contributed by atoms with van der Waals surface area (Å²) in [6.07, 6.45) is 4.15. The van der Waals surface area contributed by atoms with Gasteiger partial charge in [0.1, 0.15) is 11.3 Å². The molecule has 1 aromatic rings. The first-order valence-electron chi connectivity index (χ1n) is 5.12. The Morgan fingerprint density at radius 3 is 2.87 bits per heavy atom. The van der Waals surface area contributed by atoms with Gasteiger partial charge in [0.05, 0.1) is 0 Å². The molecule has 80 valence electrons. The monoisotopic (exact) mass is 225 g/mol. The minimum atomic E-state index is -0.885. The van der Waals surface area contributed by atoms with E-state index in [2.05, 4.69) is 14.9 Å². The van der Waals surface area contributed by atoms with Crippen molar-refractivity contribution >= 4 is 11.6 Å². The Kier molecular flexibility index (Phi) is 1.99. The van der Waals surface area contributed by atoms with E-state index in [1.807, 2.05) is 0 Å². The molecule has 1 aromatic heterocycles. The van der Waals surface area contributed by atoms with Crippen LogP contribution >= 0.6 is 11.6 Å². The van der Waals surface area contributed by atoms with Crippen LogP contribution in [0.5, 0.6) is 0 Å². The molecule has 2 fully saturated rings. The molecule has 3 atom stereocenters. The van der Waals surface area contributed by atoms with E-state index in [-0.39, 0.29) is 5.92 Å². The number of rotatable bonds is 1. The van der Waals surface area contributed by atoms with Gasteiger partial charge >= 0.3 is 0 Å². The van der Waals surface area contributed by atoms with Gasteiger partial charge in [0, 0.05) is 31.4 Å². The second-order valence-corrected chi connectivity index (χ2v) is 4.70. The molecule has 0 radical (unpaired) electrons. The molecule has 5 heteroatoms. The van der Waals surface area contributed by atoms with Gasteiger partial charge in [-0.2, -0.15) is 0 Å². The van der Waals surface area contributed by atoms with Gasteiger partial charge in [0.15, 0.2) is 5.15 Å². The maximum absolute atomic E-state index is 10.6. The number of halogens is 1. The molecule has 2 aliphatic rings. The van der Waals surface area contributed by atoms with E-state index in [4.69, 9.17) is 11.6 Å². The highest BCUT2D eigenvalue weighted by atomic mass is 35.5. The normalized spacial score (nSPS) is 38.5. The summed E-state index contributed by atoms with van der Waals surface area (Å²) in [5.41, 5.74) is -0.345. The molecule has 2 bridgehead atoms. The van der Waals surface area contributed by atoms with E-state index in [0.717, 1.165) is 19.5 Å². The third-order valence-electron chi connectivity index (χ3n) is 3.48. The zero-order chi connectivity index (χ0) is 10.5. The zero-order valence-corrected chi connectivity index (χ0v) is 8.98. The first-order chi connectivity index (χ1) is 7.20. The Balaban J connectivity index is 2.04. The van der Waals surface area contributed by atoms with Crippen molar-refractivity contribution in [2.45, 2.75) is 12.0 Å². The Morgan fingerprint density at radius 1 is 1.47 bits per heavy atom. The van der Waals surface area contributed by atoms with Crippen LogP contribution in [0.15, 0.2) is 12.4 Å². The number of fused-ring (bicyclic) bond motifs is 2. The Bertz CT molecular complexity index is 400.